The molecular weight excluding hydrogens is 273 g/mol. The maximum Gasteiger partial charge on any atom is 0.270 e. The topological polar surface area (TPSA) is 56.1 Å². The van der Waals surface area contributed by atoms with Crippen molar-refractivity contribution in [3.05, 3.63) is 48.3 Å². The van der Waals surface area contributed by atoms with Crippen LogP contribution in [0, 0.1) is 5.82 Å². The Balaban J connectivity index is 1.78. The second-order valence-corrected chi connectivity index (χ2v) is 4.99. The Labute approximate surface area is 121 Å². The summed E-state index contributed by atoms with van der Waals surface area (Å²) in [7, 11) is 0. The maximum atomic E-state index is 13.0. The Morgan fingerprint density at radius 2 is 2.00 bits per heavy atom. The van der Waals surface area contributed by atoms with Gasteiger partial charge in [0.25, 0.3) is 5.91 Å². The number of amides is 1. The molecule has 2 aromatic rings. The van der Waals surface area contributed by atoms with Gasteiger partial charge in [0.1, 0.15) is 11.5 Å². The van der Waals surface area contributed by atoms with Crippen LogP contribution in [0.2, 0.25) is 0 Å². The van der Waals surface area contributed by atoms with Crippen LogP contribution < -0.4 is 5.32 Å². The van der Waals surface area contributed by atoms with Crippen LogP contribution in [0.5, 0.6) is 0 Å². The van der Waals surface area contributed by atoms with Gasteiger partial charge in [-0.3, -0.25) is 9.36 Å². The monoisotopic (exact) mass is 289 g/mol. The highest BCUT2D eigenvalue weighted by Gasteiger charge is 2.19. The number of nitrogens with zero attached hydrogens (tertiary/aromatic N) is 2. The molecule has 1 aliphatic heterocycles. The standard InChI is InChI=1S/C15H16FN3O2/c16-11-1-3-13(4-2-11)19-10-17-9-14(19)15(20)18-12-5-7-21-8-6-12/h1-4,9-10,12H,5-8H2,(H,18,20). The number of rotatable bonds is 3. The Kier molecular flexibility index (Phi) is 3.96. The molecule has 0 radical (unpaired) electrons. The summed E-state index contributed by atoms with van der Waals surface area (Å²) in [6.45, 7) is 1.34. The van der Waals surface area contributed by atoms with Crippen LogP contribution in [0.25, 0.3) is 5.69 Å². The molecule has 1 amide bonds. The van der Waals surface area contributed by atoms with Crippen molar-refractivity contribution in [1.82, 2.24) is 14.9 Å². The highest BCUT2D eigenvalue weighted by atomic mass is 19.1. The predicted octanol–water partition coefficient (Wildman–Crippen LogP) is 1.92. The summed E-state index contributed by atoms with van der Waals surface area (Å²) >= 11 is 0. The van der Waals surface area contributed by atoms with E-state index in [-0.39, 0.29) is 17.8 Å². The molecule has 1 aliphatic rings. The van der Waals surface area contributed by atoms with Crippen molar-refractivity contribution < 1.29 is 13.9 Å². The molecule has 5 nitrogen and oxygen atoms in total. The van der Waals surface area contributed by atoms with Crippen molar-refractivity contribution in [3.8, 4) is 5.69 Å². The minimum atomic E-state index is -0.313. The number of carbonyl (C=O) groups excluding carboxylic acids is 1. The number of halogens is 1. The largest absolute Gasteiger partial charge is 0.381 e. The molecule has 3 rings (SSSR count). The fourth-order valence-corrected chi connectivity index (χ4v) is 2.37. The summed E-state index contributed by atoms with van der Waals surface area (Å²) in [5.74, 6) is -0.490. The van der Waals surface area contributed by atoms with E-state index in [1.807, 2.05) is 0 Å². The van der Waals surface area contributed by atoms with Crippen molar-refractivity contribution in [1.29, 1.82) is 0 Å². The van der Waals surface area contributed by atoms with Crippen molar-refractivity contribution in [2.24, 2.45) is 0 Å². The minimum Gasteiger partial charge on any atom is -0.381 e. The molecule has 0 bridgehead atoms. The van der Waals surface area contributed by atoms with Crippen molar-refractivity contribution in [3.63, 3.8) is 0 Å². The van der Waals surface area contributed by atoms with Gasteiger partial charge in [-0.05, 0) is 37.1 Å². The molecule has 1 aromatic heterocycles. The first kappa shape index (κ1) is 13.8. The number of nitrogens with one attached hydrogen (secondary N) is 1. The lowest BCUT2D eigenvalue weighted by atomic mass is 10.1. The maximum absolute atomic E-state index is 13.0. The summed E-state index contributed by atoms with van der Waals surface area (Å²) in [5.41, 5.74) is 1.14. The zero-order chi connectivity index (χ0) is 14.7. The fraction of sp³-hybridized carbons (Fsp3) is 0.333. The number of ether oxygens (including phenoxy) is 1. The summed E-state index contributed by atoms with van der Waals surface area (Å²) in [4.78, 5) is 16.4. The van der Waals surface area contributed by atoms with E-state index in [9.17, 15) is 9.18 Å². The van der Waals surface area contributed by atoms with Crippen molar-refractivity contribution >= 4 is 5.91 Å². The van der Waals surface area contributed by atoms with Crippen molar-refractivity contribution in [2.75, 3.05) is 13.2 Å². The van der Waals surface area contributed by atoms with Gasteiger partial charge >= 0.3 is 0 Å². The molecule has 110 valence electrons. The van der Waals surface area contributed by atoms with Crippen molar-refractivity contribution in [2.45, 2.75) is 18.9 Å². The molecule has 0 saturated carbocycles. The number of hydrogen-bond acceptors (Lipinski definition) is 3. The number of benzene rings is 1. The molecule has 0 atom stereocenters. The molecule has 1 N–H and O–H groups in total. The first-order valence-electron chi connectivity index (χ1n) is 6.91. The molecule has 0 spiro atoms. The Morgan fingerprint density at radius 1 is 1.29 bits per heavy atom. The third-order valence-corrected chi connectivity index (χ3v) is 3.53. The highest BCUT2D eigenvalue weighted by Crippen LogP contribution is 2.13. The molecule has 6 heteroatoms. The van der Waals surface area contributed by atoms with Crippen LogP contribution in [0.4, 0.5) is 4.39 Å². The van der Waals surface area contributed by atoms with Gasteiger partial charge in [-0.2, -0.15) is 0 Å². The van der Waals surface area contributed by atoms with Gasteiger partial charge in [-0.25, -0.2) is 9.37 Å². The zero-order valence-corrected chi connectivity index (χ0v) is 11.5. The first-order valence-corrected chi connectivity index (χ1v) is 6.91. The average molecular weight is 289 g/mol. The Hall–Kier alpha value is -2.21. The van der Waals surface area contributed by atoms with Gasteiger partial charge < -0.3 is 10.1 Å². The zero-order valence-electron chi connectivity index (χ0n) is 11.5. The van der Waals surface area contributed by atoms with Crippen LogP contribution >= 0.6 is 0 Å². The summed E-state index contributed by atoms with van der Waals surface area (Å²) in [6, 6.07) is 6.07. The summed E-state index contributed by atoms with van der Waals surface area (Å²) < 4.78 is 19.9. The Morgan fingerprint density at radius 3 is 2.71 bits per heavy atom. The van der Waals surface area contributed by atoms with E-state index in [1.54, 1.807) is 23.0 Å². The number of aromatic nitrogens is 2. The normalized spacial score (nSPS) is 15.9. The lowest BCUT2D eigenvalue weighted by Crippen LogP contribution is -2.39. The van der Waals surface area contributed by atoms with Crippen LogP contribution in [-0.2, 0) is 4.74 Å². The van der Waals surface area contributed by atoms with Gasteiger partial charge in [0.2, 0.25) is 0 Å². The van der Waals surface area contributed by atoms with Gasteiger partial charge in [0, 0.05) is 24.9 Å². The SMILES string of the molecule is O=C(NC1CCOCC1)c1cncn1-c1ccc(F)cc1. The Bertz CT molecular complexity index is 618. The summed E-state index contributed by atoms with van der Waals surface area (Å²) in [5, 5.41) is 2.99. The number of carbonyl (C=O) groups is 1. The van der Waals surface area contributed by atoms with Gasteiger partial charge in [0.05, 0.1) is 12.5 Å². The first-order chi connectivity index (χ1) is 10.2. The molecule has 0 aliphatic carbocycles. The predicted molar refractivity (Wildman–Crippen MR) is 74.8 cm³/mol. The average Bonchev–Trinajstić information content (AvgIpc) is 2.98. The second kappa shape index (κ2) is 6.05. The molecule has 0 unspecified atom stereocenters. The van der Waals surface area contributed by atoms with Crippen LogP contribution in [0.15, 0.2) is 36.8 Å². The molecule has 1 fully saturated rings. The van der Waals surface area contributed by atoms with E-state index in [1.165, 1.54) is 18.3 Å². The van der Waals surface area contributed by atoms with Crippen LogP contribution in [-0.4, -0.2) is 34.7 Å². The van der Waals surface area contributed by atoms with E-state index >= 15 is 0 Å². The fourth-order valence-electron chi connectivity index (χ4n) is 2.37. The van der Waals surface area contributed by atoms with Gasteiger partial charge in [0.15, 0.2) is 0 Å². The third-order valence-electron chi connectivity index (χ3n) is 3.53. The third kappa shape index (κ3) is 3.11. The van der Waals surface area contributed by atoms with Gasteiger partial charge in [-0.1, -0.05) is 0 Å². The molecular formula is C15H16FN3O2. The molecule has 21 heavy (non-hydrogen) atoms. The van der Waals surface area contributed by atoms with E-state index in [2.05, 4.69) is 10.3 Å². The minimum absolute atomic E-state index is 0.128. The number of hydrogen-bond donors (Lipinski definition) is 1. The quantitative estimate of drug-likeness (QED) is 0.939. The second-order valence-electron chi connectivity index (χ2n) is 4.99. The van der Waals surface area contributed by atoms with Crippen LogP contribution in [0.1, 0.15) is 23.3 Å². The lowest BCUT2D eigenvalue weighted by molar-refractivity contribution is 0.0693. The van der Waals surface area contributed by atoms with E-state index in [0.29, 0.717) is 24.6 Å². The van der Waals surface area contributed by atoms with E-state index in [0.717, 1.165) is 12.8 Å². The van der Waals surface area contributed by atoms with E-state index in [4.69, 9.17) is 4.74 Å². The molecule has 2 heterocycles. The highest BCUT2D eigenvalue weighted by molar-refractivity contribution is 5.93. The van der Waals surface area contributed by atoms with Gasteiger partial charge in [-0.15, -0.1) is 0 Å². The summed E-state index contributed by atoms with van der Waals surface area (Å²) in [6.07, 6.45) is 4.69. The lowest BCUT2D eigenvalue weighted by Gasteiger charge is -2.23. The smallest absolute Gasteiger partial charge is 0.270 e. The van der Waals surface area contributed by atoms with Crippen LogP contribution in [0.3, 0.4) is 0 Å². The van der Waals surface area contributed by atoms with E-state index < -0.39 is 0 Å². The molecule has 1 aromatic carbocycles. The molecule has 1 saturated heterocycles. The number of imidazole rings is 1.